The van der Waals surface area contributed by atoms with E-state index in [1.807, 2.05) is 19.2 Å². The Bertz CT molecular complexity index is 742. The average molecular weight is 391 g/mol. The summed E-state index contributed by atoms with van der Waals surface area (Å²) in [7, 11) is 0. The highest BCUT2D eigenvalue weighted by atomic mass is 32.1. The Kier molecular flexibility index (Phi) is 5.76. The second-order valence-electron chi connectivity index (χ2n) is 8.69. The van der Waals surface area contributed by atoms with Crippen LogP contribution in [0.5, 0.6) is 0 Å². The molecule has 1 aliphatic rings. The topological polar surface area (TPSA) is 36.4 Å². The van der Waals surface area contributed by atoms with Gasteiger partial charge in [-0.3, -0.25) is 9.88 Å². The van der Waals surface area contributed by atoms with Crippen molar-refractivity contribution >= 4 is 11.3 Å². The highest BCUT2D eigenvalue weighted by Gasteiger charge is 2.53. The van der Waals surface area contributed by atoms with Crippen molar-refractivity contribution in [2.45, 2.75) is 58.1 Å². The zero-order valence-corrected chi connectivity index (χ0v) is 17.7. The number of aryl methyl sites for hydroxylation is 2. The maximum Gasteiger partial charge on any atom is 0.118 e. The van der Waals surface area contributed by atoms with Gasteiger partial charge in [0.15, 0.2) is 0 Å². The highest BCUT2D eigenvalue weighted by molar-refractivity contribution is 7.09. The van der Waals surface area contributed by atoms with E-state index in [1.165, 1.54) is 4.88 Å². The molecular formula is C22H31FN2OS. The minimum absolute atomic E-state index is 0.211. The summed E-state index contributed by atoms with van der Waals surface area (Å²) in [6.45, 7) is 8.87. The minimum atomic E-state index is -1.32. The predicted octanol–water partition coefficient (Wildman–Crippen LogP) is 4.73. The summed E-state index contributed by atoms with van der Waals surface area (Å²) in [5, 5.41) is 13.1. The SMILES string of the molecule is Cc1ccc(C(C)(C)N2CCC(CCc3cccs3)(C(C)(O)CF)C2)cn1. The van der Waals surface area contributed by atoms with E-state index in [1.54, 1.807) is 18.3 Å². The quantitative estimate of drug-likeness (QED) is 0.742. The van der Waals surface area contributed by atoms with E-state index in [4.69, 9.17) is 0 Å². The van der Waals surface area contributed by atoms with Crippen molar-refractivity contribution in [3.63, 3.8) is 0 Å². The van der Waals surface area contributed by atoms with Gasteiger partial charge >= 0.3 is 0 Å². The molecule has 0 aliphatic carbocycles. The summed E-state index contributed by atoms with van der Waals surface area (Å²) < 4.78 is 13.8. The van der Waals surface area contributed by atoms with E-state index in [2.05, 4.69) is 47.3 Å². The summed E-state index contributed by atoms with van der Waals surface area (Å²) in [6, 6.07) is 8.34. The maximum absolute atomic E-state index is 13.8. The van der Waals surface area contributed by atoms with Crippen molar-refractivity contribution < 1.29 is 9.50 Å². The molecule has 2 unspecified atom stereocenters. The number of aliphatic hydroxyl groups is 1. The van der Waals surface area contributed by atoms with Crippen LogP contribution >= 0.6 is 11.3 Å². The Morgan fingerprint density at radius 1 is 1.30 bits per heavy atom. The second kappa shape index (κ2) is 7.61. The standard InChI is InChI=1S/C22H31FN2OS/c1-17-7-8-18(14-24-17)20(2,3)25-12-11-22(16-25,21(4,26)15-23)10-9-19-6-5-13-27-19/h5-8,13-14,26H,9-12,15-16H2,1-4H3. The van der Waals surface area contributed by atoms with Crippen molar-refractivity contribution in [1.29, 1.82) is 0 Å². The number of halogens is 1. The lowest BCUT2D eigenvalue weighted by molar-refractivity contribution is -0.0881. The molecule has 3 nitrogen and oxygen atoms in total. The molecule has 1 fully saturated rings. The first-order chi connectivity index (χ1) is 12.7. The predicted molar refractivity (Wildman–Crippen MR) is 110 cm³/mol. The number of rotatable bonds is 7. The maximum atomic E-state index is 13.8. The summed E-state index contributed by atoms with van der Waals surface area (Å²) in [6.07, 6.45) is 4.42. The van der Waals surface area contributed by atoms with Crippen LogP contribution in [-0.4, -0.2) is 40.4 Å². The van der Waals surface area contributed by atoms with Crippen molar-refractivity contribution in [2.24, 2.45) is 5.41 Å². The fourth-order valence-electron chi connectivity index (χ4n) is 4.23. The normalized spacial score (nSPS) is 23.5. The van der Waals surface area contributed by atoms with E-state index in [9.17, 15) is 9.50 Å². The molecule has 0 aromatic carbocycles. The lowest BCUT2D eigenvalue weighted by atomic mass is 9.69. The van der Waals surface area contributed by atoms with Crippen LogP contribution in [0, 0.1) is 12.3 Å². The fourth-order valence-corrected chi connectivity index (χ4v) is 4.94. The Balaban J connectivity index is 1.83. The molecule has 3 rings (SSSR count). The molecule has 0 bridgehead atoms. The third kappa shape index (κ3) is 3.96. The first kappa shape index (κ1) is 20.4. The van der Waals surface area contributed by atoms with Crippen molar-refractivity contribution in [2.75, 3.05) is 19.8 Å². The Morgan fingerprint density at radius 3 is 2.67 bits per heavy atom. The molecule has 2 aromatic rings. The molecule has 1 N–H and O–H groups in total. The van der Waals surface area contributed by atoms with E-state index in [-0.39, 0.29) is 5.54 Å². The van der Waals surface area contributed by atoms with Gasteiger partial charge in [0, 0.05) is 34.3 Å². The zero-order valence-electron chi connectivity index (χ0n) is 16.8. The van der Waals surface area contributed by atoms with Crippen LogP contribution in [0.1, 0.15) is 49.7 Å². The Morgan fingerprint density at radius 2 is 2.07 bits per heavy atom. The van der Waals surface area contributed by atoms with Gasteiger partial charge in [0.2, 0.25) is 0 Å². The molecule has 0 spiro atoms. The monoisotopic (exact) mass is 390 g/mol. The van der Waals surface area contributed by atoms with E-state index < -0.39 is 17.7 Å². The number of aromatic nitrogens is 1. The number of pyridine rings is 1. The summed E-state index contributed by atoms with van der Waals surface area (Å²) in [4.78, 5) is 8.14. The van der Waals surface area contributed by atoms with Crippen LogP contribution in [-0.2, 0) is 12.0 Å². The third-order valence-electron chi connectivity index (χ3n) is 6.59. The summed E-state index contributed by atoms with van der Waals surface area (Å²) in [5.41, 5.74) is 0.183. The first-order valence-corrected chi connectivity index (χ1v) is 10.6. The van der Waals surface area contributed by atoms with E-state index in [0.717, 1.165) is 37.1 Å². The number of hydrogen-bond acceptors (Lipinski definition) is 4. The van der Waals surface area contributed by atoms with Gasteiger partial charge in [0.1, 0.15) is 6.67 Å². The molecule has 0 radical (unpaired) electrons. The van der Waals surface area contributed by atoms with Gasteiger partial charge < -0.3 is 5.11 Å². The molecular weight excluding hydrogens is 359 g/mol. The van der Waals surface area contributed by atoms with Gasteiger partial charge in [0.25, 0.3) is 0 Å². The van der Waals surface area contributed by atoms with Gasteiger partial charge in [0.05, 0.1) is 5.60 Å². The molecule has 148 valence electrons. The van der Waals surface area contributed by atoms with E-state index in [0.29, 0.717) is 6.54 Å². The van der Waals surface area contributed by atoms with E-state index >= 15 is 0 Å². The number of thiophene rings is 1. The largest absolute Gasteiger partial charge is 0.387 e. The van der Waals surface area contributed by atoms with Gasteiger partial charge in [-0.1, -0.05) is 12.1 Å². The Hall–Kier alpha value is -1.30. The molecule has 2 atom stereocenters. The van der Waals surface area contributed by atoms with Gasteiger partial charge in [-0.2, -0.15) is 0 Å². The van der Waals surface area contributed by atoms with Crippen LogP contribution < -0.4 is 0 Å². The molecule has 27 heavy (non-hydrogen) atoms. The number of nitrogens with zero attached hydrogens (tertiary/aromatic N) is 2. The smallest absolute Gasteiger partial charge is 0.118 e. The molecule has 3 heterocycles. The zero-order chi connectivity index (χ0) is 19.7. The van der Waals surface area contributed by atoms with Crippen LogP contribution in [0.3, 0.4) is 0 Å². The van der Waals surface area contributed by atoms with Gasteiger partial charge in [-0.15, -0.1) is 11.3 Å². The fraction of sp³-hybridized carbons (Fsp3) is 0.591. The molecule has 1 saturated heterocycles. The molecule has 2 aromatic heterocycles. The molecule has 0 amide bonds. The Labute approximate surface area is 166 Å². The van der Waals surface area contributed by atoms with Crippen molar-refractivity contribution in [3.8, 4) is 0 Å². The van der Waals surface area contributed by atoms with Crippen molar-refractivity contribution in [3.05, 3.63) is 52.0 Å². The molecule has 0 saturated carbocycles. The lowest BCUT2D eigenvalue weighted by Crippen LogP contribution is -2.51. The molecule has 5 heteroatoms. The first-order valence-electron chi connectivity index (χ1n) is 9.69. The van der Waals surface area contributed by atoms with Crippen LogP contribution in [0.15, 0.2) is 35.8 Å². The van der Waals surface area contributed by atoms with Crippen LogP contribution in [0.4, 0.5) is 4.39 Å². The van der Waals surface area contributed by atoms with Gasteiger partial charge in [-0.25, -0.2) is 4.39 Å². The number of hydrogen-bond donors (Lipinski definition) is 1. The van der Waals surface area contributed by atoms with Crippen LogP contribution in [0.2, 0.25) is 0 Å². The lowest BCUT2D eigenvalue weighted by Gasteiger charge is -2.43. The third-order valence-corrected chi connectivity index (χ3v) is 7.53. The average Bonchev–Trinajstić information content (AvgIpc) is 3.31. The number of alkyl halides is 1. The second-order valence-corrected chi connectivity index (χ2v) is 9.72. The summed E-state index contributed by atoms with van der Waals surface area (Å²) in [5.74, 6) is 0. The number of likely N-dealkylation sites (tertiary alicyclic amines) is 1. The van der Waals surface area contributed by atoms with Crippen molar-refractivity contribution in [1.82, 2.24) is 9.88 Å². The highest BCUT2D eigenvalue weighted by Crippen LogP contribution is 2.48. The van der Waals surface area contributed by atoms with Gasteiger partial charge in [-0.05, 0) is 76.6 Å². The summed E-state index contributed by atoms with van der Waals surface area (Å²) >= 11 is 1.73. The minimum Gasteiger partial charge on any atom is -0.387 e. The van der Waals surface area contributed by atoms with Crippen LogP contribution in [0.25, 0.3) is 0 Å². The molecule has 1 aliphatic heterocycles.